The zero-order chi connectivity index (χ0) is 19.5. The van der Waals surface area contributed by atoms with E-state index in [1.165, 1.54) is 45.0 Å². The summed E-state index contributed by atoms with van der Waals surface area (Å²) < 4.78 is 9.72. The van der Waals surface area contributed by atoms with Gasteiger partial charge in [0.25, 0.3) is 0 Å². The maximum absolute atomic E-state index is 6.31. The minimum absolute atomic E-state index is 0.158. The second-order valence-corrected chi connectivity index (χ2v) is 9.22. The van der Waals surface area contributed by atoms with Gasteiger partial charge in [-0.1, -0.05) is 40.2 Å². The molecule has 0 radical (unpaired) electrons. The van der Waals surface area contributed by atoms with E-state index in [-0.39, 0.29) is 12.1 Å². The maximum atomic E-state index is 6.31. The van der Waals surface area contributed by atoms with Gasteiger partial charge in [0.05, 0.1) is 12.1 Å². The molecule has 3 nitrogen and oxygen atoms in total. The smallest absolute Gasteiger partial charge is 0.0896 e. The zero-order valence-electron chi connectivity index (χ0n) is 16.4. The van der Waals surface area contributed by atoms with Crippen molar-refractivity contribution in [1.29, 1.82) is 0 Å². The molecule has 0 bridgehead atoms. The van der Waals surface area contributed by atoms with Crippen molar-refractivity contribution in [2.24, 2.45) is 13.0 Å². The van der Waals surface area contributed by atoms with Crippen LogP contribution in [0.15, 0.2) is 65.1 Å². The van der Waals surface area contributed by atoms with Crippen LogP contribution in [0.5, 0.6) is 0 Å². The molecule has 0 aliphatic carbocycles. The van der Waals surface area contributed by atoms with Gasteiger partial charge in [-0.15, -0.1) is 0 Å². The van der Waals surface area contributed by atoms with Crippen LogP contribution >= 0.6 is 15.9 Å². The highest BCUT2D eigenvalue weighted by Gasteiger charge is 2.40. The number of fused-ring (bicyclic) bond motifs is 6. The van der Waals surface area contributed by atoms with E-state index in [1.807, 2.05) is 0 Å². The molecule has 2 aliphatic heterocycles. The predicted octanol–water partition coefficient (Wildman–Crippen LogP) is 6.73. The molecule has 4 aromatic rings. The summed E-state index contributed by atoms with van der Waals surface area (Å²) in [7, 11) is 2.16. The van der Waals surface area contributed by atoms with Crippen molar-refractivity contribution in [3.05, 3.63) is 76.3 Å². The normalized spacial score (nSPS) is 23.6. The molecule has 29 heavy (non-hydrogen) atoms. The number of hydrogen-bond donors (Lipinski definition) is 1. The van der Waals surface area contributed by atoms with E-state index in [0.717, 1.165) is 17.5 Å². The first-order chi connectivity index (χ1) is 14.2. The Morgan fingerprint density at radius 2 is 1.86 bits per heavy atom. The number of rotatable bonds is 1. The second kappa shape index (κ2) is 6.61. The van der Waals surface area contributed by atoms with Crippen molar-refractivity contribution in [1.82, 2.24) is 4.57 Å². The molecule has 1 fully saturated rings. The van der Waals surface area contributed by atoms with Crippen LogP contribution in [-0.2, 0) is 11.8 Å². The van der Waals surface area contributed by atoms with E-state index in [9.17, 15) is 0 Å². The summed E-state index contributed by atoms with van der Waals surface area (Å²) in [6, 6.07) is 22.4. The minimum atomic E-state index is 0.158. The fourth-order valence-electron chi connectivity index (χ4n) is 5.35. The van der Waals surface area contributed by atoms with Gasteiger partial charge in [-0.2, -0.15) is 0 Å². The number of para-hydroxylation sites is 1. The molecule has 146 valence electrons. The summed E-state index contributed by atoms with van der Waals surface area (Å²) in [6.07, 6.45) is 2.46. The average Bonchev–Trinajstić information content (AvgIpc) is 3.05. The number of hydrogen-bond acceptors (Lipinski definition) is 2. The van der Waals surface area contributed by atoms with E-state index < -0.39 is 0 Å². The molecule has 3 atom stereocenters. The van der Waals surface area contributed by atoms with Crippen molar-refractivity contribution in [2.75, 3.05) is 11.9 Å². The summed E-state index contributed by atoms with van der Waals surface area (Å²) in [5, 5.41) is 6.51. The summed E-state index contributed by atoms with van der Waals surface area (Å²) in [4.78, 5) is 0. The van der Waals surface area contributed by atoms with Gasteiger partial charge in [0.1, 0.15) is 0 Å². The summed E-state index contributed by atoms with van der Waals surface area (Å²) in [6.45, 7) is 0.849. The molecule has 4 heteroatoms. The quantitative estimate of drug-likeness (QED) is 0.350. The molecule has 2 aliphatic rings. The summed E-state index contributed by atoms with van der Waals surface area (Å²) in [5.74, 6) is 0.443. The van der Waals surface area contributed by atoms with Gasteiger partial charge in [-0.25, -0.2) is 0 Å². The summed E-state index contributed by atoms with van der Waals surface area (Å²) >= 11 is 3.63. The molecular weight excluding hydrogens is 424 g/mol. The van der Waals surface area contributed by atoms with Gasteiger partial charge < -0.3 is 14.6 Å². The number of aromatic nitrogens is 1. The van der Waals surface area contributed by atoms with Crippen LogP contribution < -0.4 is 5.32 Å². The highest BCUT2D eigenvalue weighted by molar-refractivity contribution is 9.10. The molecular formula is C25H23BrN2O. The van der Waals surface area contributed by atoms with Crippen molar-refractivity contribution in [2.45, 2.75) is 25.0 Å². The van der Waals surface area contributed by atoms with Crippen LogP contribution in [0.4, 0.5) is 5.69 Å². The molecule has 1 N–H and O–H groups in total. The van der Waals surface area contributed by atoms with Gasteiger partial charge in [0.15, 0.2) is 0 Å². The molecule has 0 saturated carbocycles. The number of nitrogens with one attached hydrogen (secondary N) is 1. The third-order valence-corrected chi connectivity index (χ3v) is 7.22. The fraction of sp³-hybridized carbons (Fsp3) is 0.280. The first-order valence-electron chi connectivity index (χ1n) is 10.4. The lowest BCUT2D eigenvalue weighted by Gasteiger charge is -2.43. The second-order valence-electron chi connectivity index (χ2n) is 8.30. The van der Waals surface area contributed by atoms with Gasteiger partial charge in [-0.3, -0.25) is 0 Å². The zero-order valence-corrected chi connectivity index (χ0v) is 17.9. The molecule has 6 rings (SSSR count). The van der Waals surface area contributed by atoms with Gasteiger partial charge in [-0.05, 0) is 54.8 Å². The lowest BCUT2D eigenvalue weighted by molar-refractivity contribution is -0.0381. The van der Waals surface area contributed by atoms with Crippen molar-refractivity contribution in [3.8, 4) is 0 Å². The molecule has 1 aromatic heterocycles. The van der Waals surface area contributed by atoms with Gasteiger partial charge in [0, 0.05) is 57.1 Å². The Morgan fingerprint density at radius 3 is 2.79 bits per heavy atom. The molecule has 3 aromatic carbocycles. The molecule has 1 saturated heterocycles. The topological polar surface area (TPSA) is 26.2 Å². The predicted molar refractivity (Wildman–Crippen MR) is 122 cm³/mol. The minimum Gasteiger partial charge on any atom is -0.378 e. The first kappa shape index (κ1) is 17.5. The Kier molecular flexibility index (Phi) is 4.00. The van der Waals surface area contributed by atoms with Gasteiger partial charge >= 0.3 is 0 Å². The van der Waals surface area contributed by atoms with E-state index in [1.54, 1.807) is 0 Å². The Morgan fingerprint density at radius 1 is 1.00 bits per heavy atom. The van der Waals surface area contributed by atoms with Gasteiger partial charge in [0.2, 0.25) is 0 Å². The average molecular weight is 447 g/mol. The van der Waals surface area contributed by atoms with Crippen molar-refractivity contribution >= 4 is 43.4 Å². The Labute approximate surface area is 178 Å². The first-order valence-corrected chi connectivity index (χ1v) is 11.1. The Balaban J connectivity index is 1.51. The number of ether oxygens (including phenoxy) is 1. The van der Waals surface area contributed by atoms with Crippen LogP contribution in [-0.4, -0.2) is 11.2 Å². The third kappa shape index (κ3) is 2.66. The summed E-state index contributed by atoms with van der Waals surface area (Å²) in [5.41, 5.74) is 6.39. The van der Waals surface area contributed by atoms with Crippen LogP contribution in [0, 0.1) is 5.92 Å². The molecule has 2 unspecified atom stereocenters. The standard InChI is InChI=1S/C25H23BrN2O/c1-28-22-7-3-2-5-17(22)19-13-15(8-11-23(19)28)24-18-6-4-12-29-25(18)20-14-16(26)9-10-21(20)27-24/h2-3,5,7-11,13-14,18,24-25,27H,4,6,12H2,1H3/t18?,24-,25?/m1/s1. The SMILES string of the molecule is Cn1c2ccccc2c2cc([C@H]3Nc4ccc(Br)cc4C4OCCCC43)ccc21. The third-order valence-electron chi connectivity index (χ3n) is 6.72. The number of aryl methyl sites for hydroxylation is 1. The largest absolute Gasteiger partial charge is 0.378 e. The highest BCUT2D eigenvalue weighted by atomic mass is 79.9. The van der Waals surface area contributed by atoms with E-state index >= 15 is 0 Å². The number of benzene rings is 3. The lowest BCUT2D eigenvalue weighted by Crippen LogP contribution is -2.36. The Hall–Kier alpha value is -2.30. The van der Waals surface area contributed by atoms with Crippen LogP contribution in [0.1, 0.15) is 36.1 Å². The molecule has 0 amide bonds. The van der Waals surface area contributed by atoms with E-state index in [0.29, 0.717) is 5.92 Å². The van der Waals surface area contributed by atoms with Crippen LogP contribution in [0.25, 0.3) is 21.8 Å². The molecule has 0 spiro atoms. The van der Waals surface area contributed by atoms with Crippen LogP contribution in [0.2, 0.25) is 0 Å². The number of nitrogens with zero attached hydrogens (tertiary/aromatic N) is 1. The lowest BCUT2D eigenvalue weighted by atomic mass is 9.77. The monoisotopic (exact) mass is 446 g/mol. The van der Waals surface area contributed by atoms with Crippen molar-refractivity contribution in [3.63, 3.8) is 0 Å². The fourth-order valence-corrected chi connectivity index (χ4v) is 5.73. The van der Waals surface area contributed by atoms with Crippen molar-refractivity contribution < 1.29 is 4.74 Å². The highest BCUT2D eigenvalue weighted by Crippen LogP contribution is 2.50. The van der Waals surface area contributed by atoms with Crippen LogP contribution in [0.3, 0.4) is 0 Å². The van der Waals surface area contributed by atoms with E-state index in [2.05, 4.69) is 93.5 Å². The molecule has 3 heterocycles. The number of anilines is 1. The Bertz CT molecular complexity index is 1240. The maximum Gasteiger partial charge on any atom is 0.0896 e. The number of halogens is 1. The van der Waals surface area contributed by atoms with E-state index in [4.69, 9.17) is 4.74 Å².